The summed E-state index contributed by atoms with van der Waals surface area (Å²) in [6, 6.07) is 8.03. The molecule has 1 aliphatic carbocycles. The Labute approximate surface area is 95.5 Å². The summed E-state index contributed by atoms with van der Waals surface area (Å²) >= 11 is 4.94. The quantitative estimate of drug-likeness (QED) is 0.707. The number of benzene rings is 1. The maximum atomic E-state index is 11.5. The third-order valence-corrected chi connectivity index (χ3v) is 3.11. The maximum absolute atomic E-state index is 11.5. The molecule has 0 N–H and O–H groups in total. The molecule has 1 saturated carbocycles. The number of thiocarbonyl (C=S) groups is 1. The van der Waals surface area contributed by atoms with Crippen molar-refractivity contribution >= 4 is 23.4 Å². The van der Waals surface area contributed by atoms with E-state index in [1.54, 1.807) is 5.37 Å². The van der Waals surface area contributed by atoms with Gasteiger partial charge in [0.2, 0.25) is 0 Å². The minimum atomic E-state index is 0.379. The predicted molar refractivity (Wildman–Crippen MR) is 65.3 cm³/mol. The molecule has 0 radical (unpaired) electrons. The van der Waals surface area contributed by atoms with E-state index in [1.807, 2.05) is 18.2 Å². The zero-order valence-electron chi connectivity index (χ0n) is 8.61. The van der Waals surface area contributed by atoms with Crippen LogP contribution in [0.1, 0.15) is 30.4 Å². The molecule has 0 amide bonds. The number of carbonyl (C=O) groups excluding carboxylic acids is 1. The monoisotopic (exact) mass is 218 g/mol. The van der Waals surface area contributed by atoms with Crippen LogP contribution in [-0.2, 0) is 11.2 Å². The molecule has 2 heteroatoms. The molecule has 1 aliphatic rings. The van der Waals surface area contributed by atoms with Gasteiger partial charge in [-0.1, -0.05) is 36.5 Å². The van der Waals surface area contributed by atoms with Crippen LogP contribution in [0.15, 0.2) is 24.3 Å². The summed E-state index contributed by atoms with van der Waals surface area (Å²) in [4.78, 5) is 11.5. The number of hydrogen-bond acceptors (Lipinski definition) is 2. The van der Waals surface area contributed by atoms with Crippen molar-refractivity contribution in [1.82, 2.24) is 0 Å². The lowest BCUT2D eigenvalue weighted by atomic mass is 10.0. The Balaban J connectivity index is 1.97. The van der Waals surface area contributed by atoms with Gasteiger partial charge in [-0.2, -0.15) is 0 Å². The van der Waals surface area contributed by atoms with Crippen molar-refractivity contribution in [2.75, 3.05) is 0 Å². The summed E-state index contributed by atoms with van der Waals surface area (Å²) in [5.41, 5.74) is 2.28. The van der Waals surface area contributed by atoms with Gasteiger partial charge in [0.1, 0.15) is 5.78 Å². The van der Waals surface area contributed by atoms with Crippen LogP contribution in [0, 0.1) is 5.92 Å². The van der Waals surface area contributed by atoms with Crippen LogP contribution in [0.2, 0.25) is 0 Å². The van der Waals surface area contributed by atoms with Gasteiger partial charge in [-0.3, -0.25) is 4.79 Å². The van der Waals surface area contributed by atoms with Crippen molar-refractivity contribution in [3.05, 3.63) is 35.4 Å². The second-order valence-corrected chi connectivity index (χ2v) is 4.29. The lowest BCUT2D eigenvalue weighted by Gasteiger charge is -2.04. The molecule has 0 aromatic heterocycles. The number of Topliss-reactive ketones (excluding diaryl/α,β-unsaturated/α-hetero) is 1. The van der Waals surface area contributed by atoms with E-state index < -0.39 is 0 Å². The highest BCUT2D eigenvalue weighted by atomic mass is 32.1. The van der Waals surface area contributed by atoms with Crippen molar-refractivity contribution in [2.24, 2.45) is 5.92 Å². The summed E-state index contributed by atoms with van der Waals surface area (Å²) in [5, 5.41) is 1.69. The summed E-state index contributed by atoms with van der Waals surface area (Å²) in [5.74, 6) is 0.804. The van der Waals surface area contributed by atoms with Crippen molar-refractivity contribution in [3.63, 3.8) is 0 Å². The molecule has 0 heterocycles. The van der Waals surface area contributed by atoms with Gasteiger partial charge < -0.3 is 0 Å². The van der Waals surface area contributed by atoms with E-state index in [-0.39, 0.29) is 0 Å². The van der Waals surface area contributed by atoms with Gasteiger partial charge in [0.05, 0.1) is 0 Å². The normalized spacial score (nSPS) is 14.9. The fraction of sp³-hybridized carbons (Fsp3) is 0.385. The number of carbonyl (C=O) groups is 1. The van der Waals surface area contributed by atoms with Gasteiger partial charge in [0, 0.05) is 17.7 Å². The van der Waals surface area contributed by atoms with Crippen LogP contribution in [0.25, 0.3) is 0 Å². The summed E-state index contributed by atoms with van der Waals surface area (Å²) in [6.07, 6.45) is 3.71. The smallest absolute Gasteiger partial charge is 0.136 e. The lowest BCUT2D eigenvalue weighted by molar-refractivity contribution is -0.120. The minimum Gasteiger partial charge on any atom is -0.299 e. The van der Waals surface area contributed by atoms with E-state index in [0.717, 1.165) is 24.8 Å². The molecule has 15 heavy (non-hydrogen) atoms. The fourth-order valence-electron chi connectivity index (χ4n) is 1.74. The zero-order valence-corrected chi connectivity index (χ0v) is 9.43. The fourth-order valence-corrected chi connectivity index (χ4v) is 1.97. The van der Waals surface area contributed by atoms with Gasteiger partial charge in [-0.15, -0.1) is 0 Å². The lowest BCUT2D eigenvalue weighted by Crippen LogP contribution is -2.03. The van der Waals surface area contributed by atoms with Crippen LogP contribution in [0.4, 0.5) is 0 Å². The van der Waals surface area contributed by atoms with E-state index in [4.69, 9.17) is 12.2 Å². The Morgan fingerprint density at radius 2 is 2.13 bits per heavy atom. The topological polar surface area (TPSA) is 17.1 Å². The van der Waals surface area contributed by atoms with Crippen molar-refractivity contribution in [2.45, 2.75) is 25.7 Å². The Kier molecular flexibility index (Phi) is 3.27. The number of hydrogen-bond donors (Lipinski definition) is 0. The molecular formula is C13H14OS. The molecule has 0 spiro atoms. The Bertz CT molecular complexity index is 380. The highest BCUT2D eigenvalue weighted by Crippen LogP contribution is 2.31. The molecule has 0 unspecified atom stereocenters. The van der Waals surface area contributed by atoms with Gasteiger partial charge in [-0.25, -0.2) is 0 Å². The SMILES string of the molecule is O=C(CCc1ccccc1C=S)C1CC1. The first-order chi connectivity index (χ1) is 7.31. The molecule has 2 rings (SSSR count). The molecule has 0 aliphatic heterocycles. The van der Waals surface area contributed by atoms with Gasteiger partial charge in [0.15, 0.2) is 0 Å². The average molecular weight is 218 g/mol. The molecule has 0 atom stereocenters. The number of aryl methyl sites for hydroxylation is 1. The van der Waals surface area contributed by atoms with E-state index in [0.29, 0.717) is 18.1 Å². The second kappa shape index (κ2) is 4.67. The first-order valence-electron chi connectivity index (χ1n) is 5.37. The third kappa shape index (κ3) is 2.72. The predicted octanol–water partition coefficient (Wildman–Crippen LogP) is 2.95. The summed E-state index contributed by atoms with van der Waals surface area (Å²) in [6.45, 7) is 0. The molecule has 1 aromatic carbocycles. The number of rotatable bonds is 5. The summed E-state index contributed by atoms with van der Waals surface area (Å²) < 4.78 is 0. The van der Waals surface area contributed by atoms with Crippen LogP contribution in [-0.4, -0.2) is 11.2 Å². The highest BCUT2D eigenvalue weighted by molar-refractivity contribution is 7.79. The number of ketones is 1. The minimum absolute atomic E-state index is 0.379. The molecule has 1 aromatic rings. The van der Waals surface area contributed by atoms with Gasteiger partial charge >= 0.3 is 0 Å². The van der Waals surface area contributed by atoms with E-state index in [1.165, 1.54) is 5.56 Å². The van der Waals surface area contributed by atoms with Gasteiger partial charge in [0.25, 0.3) is 0 Å². The zero-order chi connectivity index (χ0) is 10.7. The molecule has 1 nitrogen and oxygen atoms in total. The Morgan fingerprint density at radius 1 is 1.40 bits per heavy atom. The van der Waals surface area contributed by atoms with E-state index >= 15 is 0 Å². The van der Waals surface area contributed by atoms with Crippen molar-refractivity contribution in [3.8, 4) is 0 Å². The van der Waals surface area contributed by atoms with Gasteiger partial charge in [-0.05, 0) is 30.4 Å². The largest absolute Gasteiger partial charge is 0.299 e. The van der Waals surface area contributed by atoms with Crippen molar-refractivity contribution < 1.29 is 4.79 Å². The van der Waals surface area contributed by atoms with Crippen molar-refractivity contribution in [1.29, 1.82) is 0 Å². The van der Waals surface area contributed by atoms with E-state index in [2.05, 4.69) is 6.07 Å². The molecule has 0 bridgehead atoms. The summed E-state index contributed by atoms with van der Waals surface area (Å²) in [7, 11) is 0. The Morgan fingerprint density at radius 3 is 2.80 bits per heavy atom. The molecule has 78 valence electrons. The molecule has 0 saturated heterocycles. The maximum Gasteiger partial charge on any atom is 0.136 e. The van der Waals surface area contributed by atoms with Crippen LogP contribution in [0.3, 0.4) is 0 Å². The Hall–Kier alpha value is -1.02. The van der Waals surface area contributed by atoms with Crippen LogP contribution >= 0.6 is 12.2 Å². The van der Waals surface area contributed by atoms with Crippen LogP contribution in [0.5, 0.6) is 0 Å². The van der Waals surface area contributed by atoms with Crippen LogP contribution < -0.4 is 0 Å². The first kappa shape index (κ1) is 10.5. The molecular weight excluding hydrogens is 204 g/mol. The standard InChI is InChI=1S/C13H14OS/c14-13(11-5-6-11)8-7-10-3-1-2-4-12(10)9-15/h1-4,9,11H,5-8H2. The van der Waals surface area contributed by atoms with E-state index in [9.17, 15) is 4.79 Å². The average Bonchev–Trinajstić information content (AvgIpc) is 3.10. The second-order valence-electron chi connectivity index (χ2n) is 4.06. The molecule has 1 fully saturated rings. The first-order valence-corrected chi connectivity index (χ1v) is 5.84. The third-order valence-electron chi connectivity index (χ3n) is 2.86. The highest BCUT2D eigenvalue weighted by Gasteiger charge is 2.28.